The minimum Gasteiger partial charge on any atom is -0.396 e. The van der Waals surface area contributed by atoms with Gasteiger partial charge in [-0.2, -0.15) is 0 Å². The Labute approximate surface area is 106 Å². The number of aryl methyl sites for hydroxylation is 1. The van der Waals surface area contributed by atoms with E-state index < -0.39 is 0 Å². The largest absolute Gasteiger partial charge is 0.396 e. The normalized spacial score (nSPS) is 14.5. The van der Waals surface area contributed by atoms with E-state index >= 15 is 0 Å². The third-order valence-corrected chi connectivity index (χ3v) is 3.44. The molecule has 1 aliphatic heterocycles. The van der Waals surface area contributed by atoms with E-state index in [0.717, 1.165) is 35.9 Å². The Kier molecular flexibility index (Phi) is 3.11. The molecule has 0 aliphatic carbocycles. The summed E-state index contributed by atoms with van der Waals surface area (Å²) in [7, 11) is 0. The van der Waals surface area contributed by atoms with E-state index in [-0.39, 0.29) is 6.61 Å². The quantitative estimate of drug-likeness (QED) is 0.894. The van der Waals surface area contributed by atoms with Crippen LogP contribution in [0, 0.1) is 0 Å². The number of pyridine rings is 1. The third-order valence-electron chi connectivity index (χ3n) is 3.44. The van der Waals surface area contributed by atoms with E-state index in [1.165, 1.54) is 12.8 Å². The molecule has 0 fully saturated rings. The fraction of sp³-hybridized carbons (Fsp3) is 0.429. The zero-order valence-electron chi connectivity index (χ0n) is 10.3. The fourth-order valence-electron chi connectivity index (χ4n) is 2.61. The number of hydrogen-bond donors (Lipinski definition) is 1. The van der Waals surface area contributed by atoms with Gasteiger partial charge in [-0.25, -0.2) is 4.98 Å². The number of aromatic nitrogens is 3. The van der Waals surface area contributed by atoms with Crippen LogP contribution in [0.5, 0.6) is 0 Å². The molecule has 0 aromatic carbocycles. The first-order valence-corrected chi connectivity index (χ1v) is 6.50. The lowest BCUT2D eigenvalue weighted by Crippen LogP contribution is -2.13. The van der Waals surface area contributed by atoms with Gasteiger partial charge in [0.1, 0.15) is 11.5 Å². The van der Waals surface area contributed by atoms with Crippen molar-refractivity contribution in [2.75, 3.05) is 6.61 Å². The van der Waals surface area contributed by atoms with Crippen LogP contribution in [0.3, 0.4) is 0 Å². The van der Waals surface area contributed by atoms with Crippen LogP contribution in [0.15, 0.2) is 24.4 Å². The summed E-state index contributed by atoms with van der Waals surface area (Å²) in [6, 6.07) is 5.86. The zero-order chi connectivity index (χ0) is 12.4. The van der Waals surface area contributed by atoms with Crippen molar-refractivity contribution in [3.05, 3.63) is 35.9 Å². The molecule has 4 nitrogen and oxygen atoms in total. The van der Waals surface area contributed by atoms with Crippen LogP contribution >= 0.6 is 0 Å². The third kappa shape index (κ3) is 1.93. The Hall–Kier alpha value is -1.68. The first-order valence-electron chi connectivity index (χ1n) is 6.50. The molecule has 0 amide bonds. The van der Waals surface area contributed by atoms with Gasteiger partial charge in [-0.15, -0.1) is 0 Å². The topological polar surface area (TPSA) is 50.9 Å². The molecule has 0 unspecified atom stereocenters. The summed E-state index contributed by atoms with van der Waals surface area (Å²) in [5.41, 5.74) is 2.98. The first-order chi connectivity index (χ1) is 8.90. The lowest BCUT2D eigenvalue weighted by Gasteiger charge is -2.16. The standard InChI is InChI=1S/C14H17N3O/c18-10-7-12-14(11-5-1-3-8-15-11)16-13-6-2-4-9-17(12)13/h1,3,5,8,18H,2,4,6-7,9-10H2. The molecule has 1 N–H and O–H groups in total. The number of aliphatic hydroxyl groups is 1. The van der Waals surface area contributed by atoms with Crippen LogP contribution in [0.4, 0.5) is 0 Å². The maximum atomic E-state index is 9.25. The van der Waals surface area contributed by atoms with Crippen molar-refractivity contribution >= 4 is 0 Å². The first kappa shape index (κ1) is 11.4. The second-order valence-corrected chi connectivity index (χ2v) is 4.62. The van der Waals surface area contributed by atoms with Crippen LogP contribution in [0.1, 0.15) is 24.4 Å². The van der Waals surface area contributed by atoms with Gasteiger partial charge in [0.05, 0.1) is 5.69 Å². The minimum atomic E-state index is 0.158. The lowest BCUT2D eigenvalue weighted by molar-refractivity contribution is 0.295. The van der Waals surface area contributed by atoms with Gasteiger partial charge in [-0.3, -0.25) is 4.98 Å². The highest BCUT2D eigenvalue weighted by atomic mass is 16.3. The summed E-state index contributed by atoms with van der Waals surface area (Å²) in [6.45, 7) is 1.18. The number of rotatable bonds is 3. The van der Waals surface area contributed by atoms with E-state index in [9.17, 15) is 5.11 Å². The maximum absolute atomic E-state index is 9.25. The van der Waals surface area contributed by atoms with Crippen molar-refractivity contribution < 1.29 is 5.11 Å². The molecular formula is C14H17N3O. The molecule has 2 aromatic rings. The van der Waals surface area contributed by atoms with Gasteiger partial charge < -0.3 is 9.67 Å². The van der Waals surface area contributed by atoms with Gasteiger partial charge >= 0.3 is 0 Å². The molecule has 0 saturated heterocycles. The van der Waals surface area contributed by atoms with E-state index in [0.29, 0.717) is 6.42 Å². The van der Waals surface area contributed by atoms with Crippen molar-refractivity contribution in [1.82, 2.24) is 14.5 Å². The fourth-order valence-corrected chi connectivity index (χ4v) is 2.61. The number of imidazole rings is 1. The van der Waals surface area contributed by atoms with Crippen LogP contribution in [-0.4, -0.2) is 26.2 Å². The highest BCUT2D eigenvalue weighted by molar-refractivity contribution is 5.58. The monoisotopic (exact) mass is 243 g/mol. The minimum absolute atomic E-state index is 0.158. The number of aliphatic hydroxyl groups excluding tert-OH is 1. The van der Waals surface area contributed by atoms with Crippen molar-refractivity contribution in [3.8, 4) is 11.4 Å². The molecule has 0 saturated carbocycles. The van der Waals surface area contributed by atoms with Gasteiger partial charge in [0.25, 0.3) is 0 Å². The highest BCUT2D eigenvalue weighted by Crippen LogP contribution is 2.26. The summed E-state index contributed by atoms with van der Waals surface area (Å²) >= 11 is 0. The zero-order valence-corrected chi connectivity index (χ0v) is 10.3. The van der Waals surface area contributed by atoms with Crippen LogP contribution in [0.2, 0.25) is 0 Å². The summed E-state index contributed by atoms with van der Waals surface area (Å²) in [5.74, 6) is 1.14. The second-order valence-electron chi connectivity index (χ2n) is 4.62. The SMILES string of the molecule is OCCc1c(-c2ccccn2)nc2n1CCCC2. The predicted octanol–water partition coefficient (Wildman–Crippen LogP) is 1.82. The van der Waals surface area contributed by atoms with Gasteiger partial charge in [0.2, 0.25) is 0 Å². The molecule has 3 heterocycles. The maximum Gasteiger partial charge on any atom is 0.110 e. The Balaban J connectivity index is 2.11. The number of hydrogen-bond acceptors (Lipinski definition) is 3. The molecule has 0 bridgehead atoms. The van der Waals surface area contributed by atoms with E-state index in [4.69, 9.17) is 4.98 Å². The molecule has 0 radical (unpaired) electrons. The molecule has 0 atom stereocenters. The molecule has 18 heavy (non-hydrogen) atoms. The van der Waals surface area contributed by atoms with E-state index in [1.807, 2.05) is 18.2 Å². The molecule has 0 spiro atoms. The molecule has 3 rings (SSSR count). The predicted molar refractivity (Wildman–Crippen MR) is 69.2 cm³/mol. The molecule has 2 aromatic heterocycles. The summed E-state index contributed by atoms with van der Waals surface area (Å²) in [5, 5.41) is 9.25. The van der Waals surface area contributed by atoms with Crippen molar-refractivity contribution in [1.29, 1.82) is 0 Å². The van der Waals surface area contributed by atoms with Crippen LogP contribution in [-0.2, 0) is 19.4 Å². The summed E-state index contributed by atoms with van der Waals surface area (Å²) in [6.07, 6.45) is 5.88. The number of nitrogens with zero attached hydrogens (tertiary/aromatic N) is 3. The van der Waals surface area contributed by atoms with Gasteiger partial charge in [0.15, 0.2) is 0 Å². The Morgan fingerprint density at radius 1 is 1.28 bits per heavy atom. The van der Waals surface area contributed by atoms with E-state index in [2.05, 4.69) is 9.55 Å². The Bertz CT molecular complexity index is 533. The van der Waals surface area contributed by atoms with Gasteiger partial charge in [0, 0.05) is 37.9 Å². The molecule has 94 valence electrons. The average molecular weight is 243 g/mol. The van der Waals surface area contributed by atoms with Crippen LogP contribution < -0.4 is 0 Å². The van der Waals surface area contributed by atoms with Crippen LogP contribution in [0.25, 0.3) is 11.4 Å². The van der Waals surface area contributed by atoms with Crippen molar-refractivity contribution in [2.45, 2.75) is 32.2 Å². The van der Waals surface area contributed by atoms with E-state index in [1.54, 1.807) is 6.20 Å². The summed E-state index contributed by atoms with van der Waals surface area (Å²) < 4.78 is 2.27. The molecule has 4 heteroatoms. The lowest BCUT2D eigenvalue weighted by atomic mass is 10.1. The van der Waals surface area contributed by atoms with Crippen molar-refractivity contribution in [3.63, 3.8) is 0 Å². The Morgan fingerprint density at radius 3 is 3.00 bits per heavy atom. The molecular weight excluding hydrogens is 226 g/mol. The summed E-state index contributed by atoms with van der Waals surface area (Å²) in [4.78, 5) is 9.11. The second kappa shape index (κ2) is 4.90. The van der Waals surface area contributed by atoms with Crippen molar-refractivity contribution in [2.24, 2.45) is 0 Å². The molecule has 1 aliphatic rings. The van der Waals surface area contributed by atoms with Gasteiger partial charge in [-0.05, 0) is 25.0 Å². The smallest absolute Gasteiger partial charge is 0.110 e. The number of fused-ring (bicyclic) bond motifs is 1. The van der Waals surface area contributed by atoms with Gasteiger partial charge in [-0.1, -0.05) is 6.07 Å². The average Bonchev–Trinajstić information content (AvgIpc) is 2.80. The highest BCUT2D eigenvalue weighted by Gasteiger charge is 2.20. The Morgan fingerprint density at radius 2 is 2.22 bits per heavy atom.